The molecule has 3 amide bonds. The molecule has 140 valence electrons. The molecule has 0 fully saturated rings. The first kappa shape index (κ1) is 18.7. The van der Waals surface area contributed by atoms with Gasteiger partial charge in [-0.25, -0.2) is 9.18 Å². The Morgan fingerprint density at radius 1 is 1.22 bits per heavy atom. The molecule has 0 atom stereocenters. The number of carbonyl (C=O) groups excluding carboxylic acids is 2. The number of fused-ring (bicyclic) bond motifs is 1. The van der Waals surface area contributed by atoms with Gasteiger partial charge in [0, 0.05) is 24.2 Å². The summed E-state index contributed by atoms with van der Waals surface area (Å²) in [5, 5.41) is 10.2. The van der Waals surface area contributed by atoms with Crippen molar-refractivity contribution >= 4 is 40.1 Å². The van der Waals surface area contributed by atoms with E-state index in [1.807, 2.05) is 12.1 Å². The van der Waals surface area contributed by atoms with Crippen LogP contribution in [0.15, 0.2) is 42.5 Å². The van der Waals surface area contributed by atoms with Gasteiger partial charge in [-0.15, -0.1) is 0 Å². The molecule has 27 heavy (non-hydrogen) atoms. The second-order valence-corrected chi connectivity index (χ2v) is 6.22. The van der Waals surface area contributed by atoms with Crippen LogP contribution in [0.3, 0.4) is 0 Å². The minimum Gasteiger partial charge on any atom is -0.364 e. The second kappa shape index (κ2) is 8.05. The number of halogens is 2. The molecule has 1 aromatic heterocycles. The Balaban J connectivity index is 1.55. The predicted molar refractivity (Wildman–Crippen MR) is 101 cm³/mol. The number of rotatable bonds is 6. The molecule has 2 aromatic carbocycles. The zero-order valence-electron chi connectivity index (χ0n) is 14.2. The van der Waals surface area contributed by atoms with Crippen LogP contribution in [0.2, 0.25) is 5.02 Å². The van der Waals surface area contributed by atoms with E-state index >= 15 is 0 Å². The van der Waals surface area contributed by atoms with Gasteiger partial charge in [0.05, 0.1) is 10.5 Å². The topological polar surface area (TPSA) is 102 Å². The molecule has 0 aliphatic rings. The van der Waals surface area contributed by atoms with Crippen molar-refractivity contribution in [3.05, 3.63) is 59.0 Å². The molecule has 0 bridgehead atoms. The lowest BCUT2D eigenvalue weighted by Gasteiger charge is -2.09. The van der Waals surface area contributed by atoms with E-state index in [4.69, 9.17) is 17.3 Å². The number of primary amides is 1. The van der Waals surface area contributed by atoms with Crippen LogP contribution >= 0.6 is 11.6 Å². The summed E-state index contributed by atoms with van der Waals surface area (Å²) >= 11 is 5.67. The van der Waals surface area contributed by atoms with Gasteiger partial charge >= 0.3 is 6.03 Å². The smallest absolute Gasteiger partial charge is 0.319 e. The zero-order valence-corrected chi connectivity index (χ0v) is 15.0. The average molecular weight is 390 g/mol. The highest BCUT2D eigenvalue weighted by Crippen LogP contribution is 2.19. The van der Waals surface area contributed by atoms with Crippen LogP contribution in [0.5, 0.6) is 0 Å². The van der Waals surface area contributed by atoms with Crippen molar-refractivity contribution in [3.63, 3.8) is 0 Å². The van der Waals surface area contributed by atoms with E-state index in [2.05, 4.69) is 15.7 Å². The van der Waals surface area contributed by atoms with Gasteiger partial charge in [-0.2, -0.15) is 5.10 Å². The SMILES string of the molecule is NC(=O)c1c2ccccc2nn1CCCNC(=O)Nc1ccc(F)c(Cl)c1. The molecule has 0 radical (unpaired) electrons. The van der Waals surface area contributed by atoms with Crippen LogP contribution in [0, 0.1) is 5.82 Å². The summed E-state index contributed by atoms with van der Waals surface area (Å²) in [7, 11) is 0. The summed E-state index contributed by atoms with van der Waals surface area (Å²) in [5.74, 6) is -1.11. The Labute approximate surface area is 159 Å². The third kappa shape index (κ3) is 4.35. The van der Waals surface area contributed by atoms with Crippen molar-refractivity contribution in [1.29, 1.82) is 0 Å². The molecular formula is C18H17ClFN5O2. The highest BCUT2D eigenvalue weighted by molar-refractivity contribution is 6.31. The lowest BCUT2D eigenvalue weighted by Crippen LogP contribution is -2.30. The molecule has 0 aliphatic heterocycles. The van der Waals surface area contributed by atoms with Crippen LogP contribution in [-0.4, -0.2) is 28.3 Å². The molecular weight excluding hydrogens is 373 g/mol. The first-order valence-corrected chi connectivity index (χ1v) is 8.59. The monoisotopic (exact) mass is 389 g/mol. The number of aryl methyl sites for hydroxylation is 1. The molecule has 9 heteroatoms. The number of aromatic nitrogens is 2. The number of nitrogens with one attached hydrogen (secondary N) is 2. The summed E-state index contributed by atoms with van der Waals surface area (Å²) in [4.78, 5) is 23.6. The number of hydrogen-bond acceptors (Lipinski definition) is 3. The van der Waals surface area contributed by atoms with Gasteiger partial charge in [0.2, 0.25) is 0 Å². The Kier molecular flexibility index (Phi) is 5.56. The third-order valence-corrected chi connectivity index (χ3v) is 4.18. The van der Waals surface area contributed by atoms with Gasteiger partial charge in [0.1, 0.15) is 11.5 Å². The van der Waals surface area contributed by atoms with Crippen LogP contribution in [-0.2, 0) is 6.54 Å². The van der Waals surface area contributed by atoms with E-state index in [1.165, 1.54) is 18.2 Å². The van der Waals surface area contributed by atoms with Gasteiger partial charge in [0.25, 0.3) is 5.91 Å². The summed E-state index contributed by atoms with van der Waals surface area (Å²) in [6, 6.07) is 10.7. The quantitative estimate of drug-likeness (QED) is 0.564. The fourth-order valence-corrected chi connectivity index (χ4v) is 2.86. The number of anilines is 1. The number of hydrogen-bond donors (Lipinski definition) is 3. The lowest BCUT2D eigenvalue weighted by molar-refractivity contribution is 0.0991. The van der Waals surface area contributed by atoms with Gasteiger partial charge < -0.3 is 16.4 Å². The fraction of sp³-hybridized carbons (Fsp3) is 0.167. The largest absolute Gasteiger partial charge is 0.364 e. The van der Waals surface area contributed by atoms with Crippen LogP contribution in [0.25, 0.3) is 10.9 Å². The summed E-state index contributed by atoms with van der Waals surface area (Å²) in [6.07, 6.45) is 0.534. The van der Waals surface area contributed by atoms with Gasteiger partial charge in [-0.3, -0.25) is 9.48 Å². The number of nitrogens with two attached hydrogens (primary N) is 1. The van der Waals surface area contributed by atoms with Crippen molar-refractivity contribution in [2.75, 3.05) is 11.9 Å². The number of urea groups is 1. The normalized spacial score (nSPS) is 10.7. The predicted octanol–water partition coefficient (Wildman–Crippen LogP) is 3.14. The van der Waals surface area contributed by atoms with E-state index in [1.54, 1.807) is 16.8 Å². The maximum absolute atomic E-state index is 13.1. The van der Waals surface area contributed by atoms with Crippen molar-refractivity contribution in [2.45, 2.75) is 13.0 Å². The Bertz CT molecular complexity index is 1000. The Hall–Kier alpha value is -3.13. The summed E-state index contributed by atoms with van der Waals surface area (Å²) in [5.41, 5.74) is 6.88. The summed E-state index contributed by atoms with van der Waals surface area (Å²) < 4.78 is 14.7. The maximum Gasteiger partial charge on any atom is 0.319 e. The van der Waals surface area contributed by atoms with Crippen molar-refractivity contribution < 1.29 is 14.0 Å². The highest BCUT2D eigenvalue weighted by Gasteiger charge is 2.15. The molecule has 3 aromatic rings. The van der Waals surface area contributed by atoms with E-state index in [-0.39, 0.29) is 5.02 Å². The third-order valence-electron chi connectivity index (χ3n) is 3.89. The zero-order chi connectivity index (χ0) is 19.4. The van der Waals surface area contributed by atoms with Crippen LogP contribution in [0.1, 0.15) is 16.9 Å². The van der Waals surface area contributed by atoms with E-state index in [0.717, 1.165) is 0 Å². The van der Waals surface area contributed by atoms with Gasteiger partial charge in [0.15, 0.2) is 0 Å². The number of benzene rings is 2. The molecule has 7 nitrogen and oxygen atoms in total. The first-order chi connectivity index (χ1) is 13.0. The van der Waals surface area contributed by atoms with Crippen LogP contribution in [0.4, 0.5) is 14.9 Å². The van der Waals surface area contributed by atoms with Gasteiger partial charge in [-0.05, 0) is 30.7 Å². The lowest BCUT2D eigenvalue weighted by atomic mass is 10.2. The molecule has 0 unspecified atom stereocenters. The molecule has 1 heterocycles. The van der Waals surface area contributed by atoms with E-state index < -0.39 is 17.8 Å². The maximum atomic E-state index is 13.1. The minimum atomic E-state index is -0.556. The van der Waals surface area contributed by atoms with Crippen LogP contribution < -0.4 is 16.4 Å². The second-order valence-electron chi connectivity index (χ2n) is 5.82. The Morgan fingerprint density at radius 2 is 2.00 bits per heavy atom. The average Bonchev–Trinajstić information content (AvgIpc) is 3.00. The summed E-state index contributed by atoms with van der Waals surface area (Å²) in [6.45, 7) is 0.755. The van der Waals surface area contributed by atoms with Crippen molar-refractivity contribution in [3.8, 4) is 0 Å². The first-order valence-electron chi connectivity index (χ1n) is 8.21. The van der Waals surface area contributed by atoms with E-state index in [9.17, 15) is 14.0 Å². The molecule has 0 saturated heterocycles. The molecule has 0 aliphatic carbocycles. The van der Waals surface area contributed by atoms with Gasteiger partial charge in [-0.1, -0.05) is 29.8 Å². The number of nitrogens with zero attached hydrogens (tertiary/aromatic N) is 2. The standard InChI is InChI=1S/C18H17ClFN5O2/c19-13-10-11(6-7-14(13)20)23-18(27)22-8-3-9-25-16(17(21)26)12-4-1-2-5-15(12)24-25/h1-2,4-7,10H,3,8-9H2,(H2,21,26)(H2,22,23,27). The minimum absolute atomic E-state index is 0.0717. The molecule has 3 rings (SSSR count). The number of carbonyl (C=O) groups is 2. The molecule has 0 saturated carbocycles. The molecule has 0 spiro atoms. The Morgan fingerprint density at radius 3 is 2.74 bits per heavy atom. The fourth-order valence-electron chi connectivity index (χ4n) is 2.68. The molecule has 4 N–H and O–H groups in total. The highest BCUT2D eigenvalue weighted by atomic mass is 35.5. The van der Waals surface area contributed by atoms with Crippen molar-refractivity contribution in [1.82, 2.24) is 15.1 Å². The van der Waals surface area contributed by atoms with E-state index in [0.29, 0.717) is 41.8 Å². The number of amides is 3. The van der Waals surface area contributed by atoms with Crippen molar-refractivity contribution in [2.24, 2.45) is 5.73 Å².